The van der Waals surface area contributed by atoms with Gasteiger partial charge in [0, 0.05) is 32.2 Å². The third-order valence-electron chi connectivity index (χ3n) is 5.38. The van der Waals surface area contributed by atoms with Crippen molar-refractivity contribution in [2.24, 2.45) is 0 Å². The van der Waals surface area contributed by atoms with E-state index in [4.69, 9.17) is 9.15 Å². The summed E-state index contributed by atoms with van der Waals surface area (Å²) in [6.45, 7) is 4.81. The van der Waals surface area contributed by atoms with Crippen LogP contribution in [0, 0.1) is 0 Å². The van der Waals surface area contributed by atoms with E-state index < -0.39 is 0 Å². The number of oxazole rings is 1. The SMILES string of the molecule is c1coc(C2CC3CN(Cc4cc5c(cn4)OCCC5)CCN3N2)n1. The zero-order chi connectivity index (χ0) is 16.6. The second kappa shape index (κ2) is 6.40. The van der Waals surface area contributed by atoms with Gasteiger partial charge in [-0.2, -0.15) is 0 Å². The lowest BCUT2D eigenvalue weighted by molar-refractivity contribution is 0.0650. The number of fused-ring (bicyclic) bond motifs is 2. The molecule has 0 aromatic carbocycles. The minimum atomic E-state index is 0.193. The van der Waals surface area contributed by atoms with E-state index in [-0.39, 0.29) is 6.04 Å². The molecule has 7 nitrogen and oxygen atoms in total. The molecule has 7 heteroatoms. The van der Waals surface area contributed by atoms with Crippen LogP contribution in [-0.2, 0) is 13.0 Å². The summed E-state index contributed by atoms with van der Waals surface area (Å²) in [7, 11) is 0. The van der Waals surface area contributed by atoms with Crippen LogP contribution in [0.4, 0.5) is 0 Å². The number of nitrogens with zero attached hydrogens (tertiary/aromatic N) is 4. The van der Waals surface area contributed by atoms with E-state index in [2.05, 4.69) is 31.4 Å². The molecular formula is C18H23N5O2. The molecule has 132 valence electrons. The van der Waals surface area contributed by atoms with Gasteiger partial charge >= 0.3 is 0 Å². The minimum Gasteiger partial charge on any atom is -0.492 e. The Balaban J connectivity index is 1.23. The van der Waals surface area contributed by atoms with E-state index in [0.717, 1.165) is 69.4 Å². The van der Waals surface area contributed by atoms with Gasteiger partial charge in [0.2, 0.25) is 5.89 Å². The molecule has 0 amide bonds. The largest absolute Gasteiger partial charge is 0.492 e. The van der Waals surface area contributed by atoms with Gasteiger partial charge in [-0.1, -0.05) is 0 Å². The molecule has 2 saturated heterocycles. The lowest BCUT2D eigenvalue weighted by Crippen LogP contribution is -2.52. The van der Waals surface area contributed by atoms with Gasteiger partial charge < -0.3 is 9.15 Å². The maximum atomic E-state index is 5.67. The molecule has 2 atom stereocenters. The number of hydrazine groups is 1. The Bertz CT molecular complexity index is 735. The second-order valence-corrected chi connectivity index (χ2v) is 7.11. The van der Waals surface area contributed by atoms with Crippen LogP contribution >= 0.6 is 0 Å². The molecule has 3 aliphatic rings. The number of aromatic nitrogens is 2. The Morgan fingerprint density at radius 1 is 1.28 bits per heavy atom. The van der Waals surface area contributed by atoms with Crippen LogP contribution in [0.2, 0.25) is 0 Å². The van der Waals surface area contributed by atoms with Gasteiger partial charge in [0.25, 0.3) is 0 Å². The van der Waals surface area contributed by atoms with Gasteiger partial charge in [0.05, 0.1) is 30.7 Å². The van der Waals surface area contributed by atoms with E-state index in [0.29, 0.717) is 6.04 Å². The molecule has 0 bridgehead atoms. The molecule has 2 aromatic heterocycles. The molecule has 5 heterocycles. The highest BCUT2D eigenvalue weighted by atomic mass is 16.5. The van der Waals surface area contributed by atoms with Crippen molar-refractivity contribution >= 4 is 0 Å². The normalized spacial score (nSPS) is 26.9. The quantitative estimate of drug-likeness (QED) is 0.908. The lowest BCUT2D eigenvalue weighted by Gasteiger charge is -2.36. The molecule has 3 aliphatic heterocycles. The Kier molecular flexibility index (Phi) is 3.92. The first-order valence-corrected chi connectivity index (χ1v) is 9.10. The highest BCUT2D eigenvalue weighted by molar-refractivity contribution is 5.34. The topological polar surface area (TPSA) is 66.7 Å². The molecule has 1 N–H and O–H groups in total. The Morgan fingerprint density at radius 3 is 3.20 bits per heavy atom. The molecule has 2 aromatic rings. The molecule has 2 unspecified atom stereocenters. The van der Waals surface area contributed by atoms with Gasteiger partial charge in [-0.05, 0) is 30.9 Å². The van der Waals surface area contributed by atoms with Crippen molar-refractivity contribution in [1.82, 2.24) is 25.3 Å². The number of hydrogen-bond acceptors (Lipinski definition) is 7. The van der Waals surface area contributed by atoms with Crippen molar-refractivity contribution in [3.63, 3.8) is 0 Å². The summed E-state index contributed by atoms with van der Waals surface area (Å²) in [6.07, 6.45) is 8.49. The zero-order valence-corrected chi connectivity index (χ0v) is 14.2. The number of aryl methyl sites for hydroxylation is 1. The molecular weight excluding hydrogens is 318 g/mol. The third kappa shape index (κ3) is 3.03. The predicted octanol–water partition coefficient (Wildman–Crippen LogP) is 1.53. The maximum Gasteiger partial charge on any atom is 0.212 e. The third-order valence-corrected chi connectivity index (χ3v) is 5.38. The van der Waals surface area contributed by atoms with E-state index in [1.54, 1.807) is 12.5 Å². The maximum absolute atomic E-state index is 5.67. The smallest absolute Gasteiger partial charge is 0.212 e. The molecule has 2 fully saturated rings. The summed E-state index contributed by atoms with van der Waals surface area (Å²) in [4.78, 5) is 11.4. The van der Waals surface area contributed by atoms with Gasteiger partial charge in [-0.15, -0.1) is 0 Å². The fraction of sp³-hybridized carbons (Fsp3) is 0.556. The van der Waals surface area contributed by atoms with E-state index >= 15 is 0 Å². The molecule has 0 aliphatic carbocycles. The number of piperazine rings is 1. The van der Waals surface area contributed by atoms with E-state index in [1.165, 1.54) is 5.56 Å². The average molecular weight is 341 g/mol. The zero-order valence-electron chi connectivity index (χ0n) is 14.2. The van der Waals surface area contributed by atoms with Crippen molar-refractivity contribution in [2.45, 2.75) is 37.9 Å². The average Bonchev–Trinajstić information content (AvgIpc) is 3.30. The molecule has 0 saturated carbocycles. The minimum absolute atomic E-state index is 0.193. The van der Waals surface area contributed by atoms with E-state index in [1.807, 2.05) is 6.20 Å². The first-order chi connectivity index (χ1) is 12.3. The van der Waals surface area contributed by atoms with Gasteiger partial charge in [0.15, 0.2) is 0 Å². The van der Waals surface area contributed by atoms with Crippen LogP contribution in [0.1, 0.15) is 36.0 Å². The molecule has 25 heavy (non-hydrogen) atoms. The first-order valence-electron chi connectivity index (χ1n) is 9.10. The van der Waals surface area contributed by atoms with Crippen molar-refractivity contribution in [1.29, 1.82) is 0 Å². The summed E-state index contributed by atoms with van der Waals surface area (Å²) in [5.74, 6) is 1.76. The van der Waals surface area contributed by atoms with Crippen molar-refractivity contribution < 1.29 is 9.15 Å². The highest BCUT2D eigenvalue weighted by Crippen LogP contribution is 2.29. The first kappa shape index (κ1) is 15.3. The van der Waals surface area contributed by atoms with Crippen LogP contribution in [0.5, 0.6) is 5.75 Å². The Labute approximate surface area is 147 Å². The number of nitrogens with one attached hydrogen (secondary N) is 1. The fourth-order valence-electron chi connectivity index (χ4n) is 4.14. The van der Waals surface area contributed by atoms with Crippen LogP contribution in [0.15, 0.2) is 29.1 Å². The predicted molar refractivity (Wildman–Crippen MR) is 90.8 cm³/mol. The van der Waals surface area contributed by atoms with Crippen LogP contribution in [0.3, 0.4) is 0 Å². The summed E-state index contributed by atoms with van der Waals surface area (Å²) in [6, 6.07) is 2.91. The number of pyridine rings is 1. The van der Waals surface area contributed by atoms with Crippen LogP contribution in [0.25, 0.3) is 0 Å². The summed E-state index contributed by atoms with van der Waals surface area (Å²) >= 11 is 0. The fourth-order valence-corrected chi connectivity index (χ4v) is 4.14. The summed E-state index contributed by atoms with van der Waals surface area (Å²) in [5.41, 5.74) is 5.99. The van der Waals surface area contributed by atoms with Gasteiger partial charge in [-0.3, -0.25) is 9.88 Å². The second-order valence-electron chi connectivity index (χ2n) is 7.11. The van der Waals surface area contributed by atoms with Crippen molar-refractivity contribution in [3.8, 4) is 5.75 Å². The monoisotopic (exact) mass is 341 g/mol. The Hall–Kier alpha value is -1.96. The lowest BCUT2D eigenvalue weighted by atomic mass is 10.1. The van der Waals surface area contributed by atoms with Crippen LogP contribution < -0.4 is 10.2 Å². The van der Waals surface area contributed by atoms with E-state index in [9.17, 15) is 0 Å². The Morgan fingerprint density at radius 2 is 2.28 bits per heavy atom. The standard InChI is InChI=1S/C18H23N5O2/c1-2-13-8-14(20-10-17(13)24-6-1)11-22-4-5-23-15(12-22)9-16(21-23)18-19-3-7-25-18/h3,7-8,10,15-16,21H,1-2,4-6,9,11-12H2. The van der Waals surface area contributed by atoms with Gasteiger partial charge in [-0.25, -0.2) is 15.4 Å². The molecule has 0 spiro atoms. The van der Waals surface area contributed by atoms with Crippen molar-refractivity contribution in [3.05, 3.63) is 41.9 Å². The van der Waals surface area contributed by atoms with Crippen molar-refractivity contribution in [2.75, 3.05) is 26.2 Å². The van der Waals surface area contributed by atoms with Gasteiger partial charge in [0.1, 0.15) is 12.0 Å². The summed E-state index contributed by atoms with van der Waals surface area (Å²) in [5, 5.41) is 2.35. The van der Waals surface area contributed by atoms with Crippen LogP contribution in [-0.4, -0.2) is 52.2 Å². The molecule has 5 rings (SSSR count). The number of ether oxygens (including phenoxy) is 1. The number of hydrogen-bond donors (Lipinski definition) is 1. The highest BCUT2D eigenvalue weighted by Gasteiger charge is 2.38. The number of rotatable bonds is 3. The summed E-state index contributed by atoms with van der Waals surface area (Å²) < 4.78 is 11.1. The molecule has 0 radical (unpaired) electrons.